The number of pyridine rings is 1. The van der Waals surface area contributed by atoms with E-state index in [1.165, 1.54) is 0 Å². The van der Waals surface area contributed by atoms with Crippen LogP contribution in [-0.4, -0.2) is 11.6 Å². The van der Waals surface area contributed by atoms with Crippen LogP contribution in [0.5, 0.6) is 5.75 Å². The minimum Gasteiger partial charge on any atom is -0.494 e. The van der Waals surface area contributed by atoms with Crippen LogP contribution in [0, 0.1) is 13.8 Å². The van der Waals surface area contributed by atoms with Crippen LogP contribution in [0.25, 0.3) is 10.9 Å². The monoisotopic (exact) mass is 362 g/mol. The van der Waals surface area contributed by atoms with Crippen molar-refractivity contribution in [1.29, 1.82) is 0 Å². The zero-order valence-corrected chi connectivity index (χ0v) is 15.5. The highest BCUT2D eigenvalue weighted by molar-refractivity contribution is 6.31. The molecule has 0 atom stereocenters. The van der Waals surface area contributed by atoms with Gasteiger partial charge in [0.15, 0.2) is 0 Å². The Balaban J connectivity index is 0.00000208. The van der Waals surface area contributed by atoms with Crippen LogP contribution in [0.3, 0.4) is 0 Å². The van der Waals surface area contributed by atoms with E-state index in [1.54, 1.807) is 0 Å². The number of aromatic nitrogens is 1. The topological polar surface area (TPSA) is 34.1 Å². The lowest BCUT2D eigenvalue weighted by Gasteiger charge is -2.13. The van der Waals surface area contributed by atoms with Crippen LogP contribution in [0.1, 0.15) is 18.2 Å². The summed E-state index contributed by atoms with van der Waals surface area (Å²) in [5.41, 5.74) is 4.91. The van der Waals surface area contributed by atoms with Crippen molar-refractivity contribution < 1.29 is 4.74 Å². The van der Waals surface area contributed by atoms with E-state index in [0.29, 0.717) is 6.61 Å². The van der Waals surface area contributed by atoms with Crippen molar-refractivity contribution >= 4 is 46.3 Å². The first kappa shape index (κ1) is 18.4. The summed E-state index contributed by atoms with van der Waals surface area (Å²) in [6.45, 7) is 6.60. The number of nitrogens with one attached hydrogen (secondary N) is 1. The second kappa shape index (κ2) is 7.73. The Hall–Kier alpha value is -1.97. The first-order valence-corrected chi connectivity index (χ1v) is 8.02. The van der Waals surface area contributed by atoms with Crippen molar-refractivity contribution in [2.24, 2.45) is 0 Å². The highest BCUT2D eigenvalue weighted by Gasteiger charge is 2.07. The molecule has 0 saturated carbocycles. The van der Waals surface area contributed by atoms with Crippen molar-refractivity contribution in [3.05, 3.63) is 58.7 Å². The summed E-state index contributed by atoms with van der Waals surface area (Å²) in [5, 5.41) is 5.22. The summed E-state index contributed by atoms with van der Waals surface area (Å²) in [6.07, 6.45) is 0. The van der Waals surface area contributed by atoms with Crippen molar-refractivity contribution in [3.8, 4) is 5.75 Å². The van der Waals surface area contributed by atoms with E-state index in [9.17, 15) is 0 Å². The van der Waals surface area contributed by atoms with Crippen molar-refractivity contribution in [2.45, 2.75) is 20.8 Å². The lowest BCUT2D eigenvalue weighted by Crippen LogP contribution is -1.97. The first-order chi connectivity index (χ1) is 11.1. The molecule has 0 aliphatic carbocycles. The molecule has 0 aliphatic rings. The molecule has 1 aromatic heterocycles. The van der Waals surface area contributed by atoms with E-state index in [1.807, 2.05) is 63.2 Å². The third kappa shape index (κ3) is 3.92. The Morgan fingerprint density at radius 1 is 1.08 bits per heavy atom. The van der Waals surface area contributed by atoms with Gasteiger partial charge >= 0.3 is 0 Å². The number of ether oxygens (including phenoxy) is 1. The molecule has 1 N–H and O–H groups in total. The molecule has 0 unspecified atom stereocenters. The molecule has 0 aliphatic heterocycles. The molecule has 3 rings (SSSR count). The average molecular weight is 363 g/mol. The van der Waals surface area contributed by atoms with E-state index in [2.05, 4.69) is 10.3 Å². The molecule has 3 aromatic rings. The fraction of sp³-hybridized carbons (Fsp3) is 0.211. The van der Waals surface area contributed by atoms with Gasteiger partial charge in [0.2, 0.25) is 0 Å². The summed E-state index contributed by atoms with van der Waals surface area (Å²) in [7, 11) is 0. The van der Waals surface area contributed by atoms with Gasteiger partial charge in [0.1, 0.15) is 5.75 Å². The third-order valence-corrected chi connectivity index (χ3v) is 4.08. The van der Waals surface area contributed by atoms with Gasteiger partial charge in [-0.3, -0.25) is 4.98 Å². The standard InChI is InChI=1S/C19H19ClN2O.ClH/c1-4-23-15-7-8-18-16(11-15)19(9-13(3)21-18)22-14-6-5-12(2)17(20)10-14;/h5-11H,4H2,1-3H3,(H,21,22);1H. The summed E-state index contributed by atoms with van der Waals surface area (Å²) >= 11 is 6.22. The maximum Gasteiger partial charge on any atom is 0.120 e. The van der Waals surface area contributed by atoms with Crippen molar-refractivity contribution in [2.75, 3.05) is 11.9 Å². The second-order valence-electron chi connectivity index (χ2n) is 5.51. The van der Waals surface area contributed by atoms with Gasteiger partial charge in [0, 0.05) is 27.5 Å². The van der Waals surface area contributed by atoms with Crippen molar-refractivity contribution in [3.63, 3.8) is 0 Å². The Morgan fingerprint density at radius 3 is 2.58 bits per heavy atom. The molecule has 24 heavy (non-hydrogen) atoms. The van der Waals surface area contributed by atoms with Gasteiger partial charge in [-0.15, -0.1) is 12.4 Å². The zero-order valence-electron chi connectivity index (χ0n) is 13.9. The Labute approximate surface area is 153 Å². The van der Waals surface area contributed by atoms with Crippen LogP contribution < -0.4 is 10.1 Å². The van der Waals surface area contributed by atoms with Crippen LogP contribution in [-0.2, 0) is 0 Å². The molecular formula is C19H20Cl2N2O. The van der Waals surface area contributed by atoms with Gasteiger partial charge in [-0.2, -0.15) is 0 Å². The quantitative estimate of drug-likeness (QED) is 0.611. The normalized spacial score (nSPS) is 10.3. The average Bonchev–Trinajstić information content (AvgIpc) is 2.52. The molecule has 2 aromatic carbocycles. The van der Waals surface area contributed by atoms with Gasteiger partial charge in [-0.25, -0.2) is 0 Å². The van der Waals surface area contributed by atoms with Gasteiger partial charge in [-0.05, 0) is 62.7 Å². The molecule has 0 amide bonds. The number of benzene rings is 2. The molecule has 1 heterocycles. The molecule has 5 heteroatoms. The number of aryl methyl sites for hydroxylation is 2. The largest absolute Gasteiger partial charge is 0.494 e. The van der Waals surface area contributed by atoms with E-state index >= 15 is 0 Å². The number of hydrogen-bond acceptors (Lipinski definition) is 3. The Morgan fingerprint density at radius 2 is 1.88 bits per heavy atom. The Kier molecular flexibility index (Phi) is 5.92. The van der Waals surface area contributed by atoms with E-state index in [4.69, 9.17) is 16.3 Å². The molecule has 0 bridgehead atoms. The van der Waals surface area contributed by atoms with E-state index < -0.39 is 0 Å². The molecule has 126 valence electrons. The van der Waals surface area contributed by atoms with Gasteiger partial charge in [-0.1, -0.05) is 17.7 Å². The fourth-order valence-electron chi connectivity index (χ4n) is 2.52. The minimum atomic E-state index is 0. The number of fused-ring (bicyclic) bond motifs is 1. The van der Waals surface area contributed by atoms with Crippen molar-refractivity contribution in [1.82, 2.24) is 4.98 Å². The second-order valence-corrected chi connectivity index (χ2v) is 5.92. The van der Waals surface area contributed by atoms with Crippen LogP contribution >= 0.6 is 24.0 Å². The SMILES string of the molecule is CCOc1ccc2nc(C)cc(Nc3ccc(C)c(Cl)c3)c2c1.Cl. The fourth-order valence-corrected chi connectivity index (χ4v) is 2.70. The molecule has 0 saturated heterocycles. The van der Waals surface area contributed by atoms with Gasteiger partial charge in [0.05, 0.1) is 12.1 Å². The minimum absolute atomic E-state index is 0. The number of rotatable bonds is 4. The first-order valence-electron chi connectivity index (χ1n) is 7.64. The highest BCUT2D eigenvalue weighted by Crippen LogP contribution is 2.30. The molecule has 0 radical (unpaired) electrons. The van der Waals surface area contributed by atoms with Crippen LogP contribution in [0.15, 0.2) is 42.5 Å². The molecular weight excluding hydrogens is 343 g/mol. The number of nitrogens with zero attached hydrogens (tertiary/aromatic N) is 1. The lowest BCUT2D eigenvalue weighted by molar-refractivity contribution is 0.340. The summed E-state index contributed by atoms with van der Waals surface area (Å²) in [4.78, 5) is 4.59. The maximum atomic E-state index is 6.22. The smallest absolute Gasteiger partial charge is 0.120 e. The lowest BCUT2D eigenvalue weighted by atomic mass is 10.1. The zero-order chi connectivity index (χ0) is 16.4. The third-order valence-electron chi connectivity index (χ3n) is 3.67. The predicted molar refractivity (Wildman–Crippen MR) is 104 cm³/mol. The molecule has 0 spiro atoms. The van der Waals surface area contributed by atoms with E-state index in [-0.39, 0.29) is 12.4 Å². The number of anilines is 2. The van der Waals surface area contributed by atoms with Crippen LogP contribution in [0.4, 0.5) is 11.4 Å². The summed E-state index contributed by atoms with van der Waals surface area (Å²) < 4.78 is 5.61. The molecule has 0 fully saturated rings. The molecule has 3 nitrogen and oxygen atoms in total. The highest BCUT2D eigenvalue weighted by atomic mass is 35.5. The maximum absolute atomic E-state index is 6.22. The number of hydrogen-bond donors (Lipinski definition) is 1. The number of halogens is 2. The predicted octanol–water partition coefficient (Wildman–Crippen LogP) is 6.07. The van der Waals surface area contributed by atoms with Gasteiger partial charge in [0.25, 0.3) is 0 Å². The summed E-state index contributed by atoms with van der Waals surface area (Å²) in [5.74, 6) is 0.843. The van der Waals surface area contributed by atoms with Gasteiger partial charge < -0.3 is 10.1 Å². The Bertz CT molecular complexity index is 865. The summed E-state index contributed by atoms with van der Waals surface area (Å²) in [6, 6.07) is 14.0. The van der Waals surface area contributed by atoms with Crippen LogP contribution in [0.2, 0.25) is 5.02 Å². The van der Waals surface area contributed by atoms with E-state index in [0.717, 1.165) is 44.3 Å².